The lowest BCUT2D eigenvalue weighted by atomic mass is 10.3. The Morgan fingerprint density at radius 2 is 2.17 bits per heavy atom. The highest BCUT2D eigenvalue weighted by molar-refractivity contribution is 5.80. The topological polar surface area (TPSA) is 115 Å². The lowest BCUT2D eigenvalue weighted by Gasteiger charge is -2.36. The Bertz CT molecular complexity index is 835. The van der Waals surface area contributed by atoms with E-state index < -0.39 is 0 Å². The first-order valence-corrected chi connectivity index (χ1v) is 10.7. The molecule has 1 saturated carbocycles. The van der Waals surface area contributed by atoms with Crippen LogP contribution in [-0.4, -0.2) is 88.7 Å². The van der Waals surface area contributed by atoms with Crippen LogP contribution in [0.2, 0.25) is 0 Å². The molecule has 0 bridgehead atoms. The number of H-pyrrole nitrogens is 1. The van der Waals surface area contributed by atoms with E-state index in [1.165, 1.54) is 0 Å². The van der Waals surface area contributed by atoms with Gasteiger partial charge in [0.05, 0.1) is 12.8 Å². The minimum Gasteiger partial charge on any atom is -0.461 e. The van der Waals surface area contributed by atoms with Gasteiger partial charge in [0.2, 0.25) is 11.7 Å². The van der Waals surface area contributed by atoms with Gasteiger partial charge in [-0.05, 0) is 31.9 Å². The van der Waals surface area contributed by atoms with Crippen molar-refractivity contribution in [2.45, 2.75) is 32.2 Å². The maximum atomic E-state index is 12.0. The third kappa shape index (κ3) is 5.59. The molecular formula is C20H30N8O2. The molecule has 10 heteroatoms. The maximum Gasteiger partial charge on any atom is 0.234 e. The normalized spacial score (nSPS) is 17.9. The summed E-state index contributed by atoms with van der Waals surface area (Å²) in [5, 5.41) is 13.6. The van der Waals surface area contributed by atoms with Crippen molar-refractivity contribution in [2.24, 2.45) is 4.99 Å². The summed E-state index contributed by atoms with van der Waals surface area (Å²) in [6, 6.07) is 4.08. The zero-order valence-electron chi connectivity index (χ0n) is 17.4. The fourth-order valence-corrected chi connectivity index (χ4v) is 3.44. The Kier molecular flexibility index (Phi) is 6.63. The third-order valence-corrected chi connectivity index (χ3v) is 5.20. The van der Waals surface area contributed by atoms with E-state index in [1.807, 2.05) is 12.1 Å². The molecule has 0 radical (unpaired) electrons. The van der Waals surface area contributed by atoms with Gasteiger partial charge in [-0.2, -0.15) is 5.10 Å². The standard InChI is InChI=1S/C20H30N8O2/c1-2-21-20(22-8-7-17-24-19(26-25-17)16-4-3-13-30-16)28-11-9-27(10-12-28)14-18(29)23-15-5-6-15/h3-4,13,15H,2,5-12,14H2,1H3,(H,21,22)(H,23,29)(H,24,25,26). The molecule has 1 saturated heterocycles. The highest BCUT2D eigenvalue weighted by Gasteiger charge is 2.25. The number of piperazine rings is 1. The quantitative estimate of drug-likeness (QED) is 0.425. The minimum atomic E-state index is 0.146. The number of aromatic amines is 1. The van der Waals surface area contributed by atoms with Crippen molar-refractivity contribution in [2.75, 3.05) is 45.8 Å². The van der Waals surface area contributed by atoms with Crippen LogP contribution in [0, 0.1) is 0 Å². The van der Waals surface area contributed by atoms with Gasteiger partial charge in [0.1, 0.15) is 5.82 Å². The number of furan rings is 1. The fourth-order valence-electron chi connectivity index (χ4n) is 3.44. The highest BCUT2D eigenvalue weighted by atomic mass is 16.3. The zero-order valence-corrected chi connectivity index (χ0v) is 17.4. The molecule has 2 fully saturated rings. The fraction of sp³-hybridized carbons (Fsp3) is 0.600. The molecule has 0 aromatic carbocycles. The van der Waals surface area contributed by atoms with E-state index >= 15 is 0 Å². The summed E-state index contributed by atoms with van der Waals surface area (Å²) in [7, 11) is 0. The van der Waals surface area contributed by atoms with Gasteiger partial charge in [0, 0.05) is 51.7 Å². The monoisotopic (exact) mass is 414 g/mol. The summed E-state index contributed by atoms with van der Waals surface area (Å²) >= 11 is 0. The summed E-state index contributed by atoms with van der Waals surface area (Å²) in [6.45, 7) is 7.41. The summed E-state index contributed by atoms with van der Waals surface area (Å²) in [5.41, 5.74) is 0. The first-order valence-electron chi connectivity index (χ1n) is 10.7. The lowest BCUT2D eigenvalue weighted by molar-refractivity contribution is -0.122. The van der Waals surface area contributed by atoms with Crippen molar-refractivity contribution in [1.82, 2.24) is 35.6 Å². The van der Waals surface area contributed by atoms with Gasteiger partial charge in [-0.3, -0.25) is 19.8 Å². The average Bonchev–Trinajstić information content (AvgIpc) is 3.20. The van der Waals surface area contributed by atoms with Crippen molar-refractivity contribution in [1.29, 1.82) is 0 Å². The molecular weight excluding hydrogens is 384 g/mol. The maximum absolute atomic E-state index is 12.0. The van der Waals surface area contributed by atoms with Crippen LogP contribution in [0.25, 0.3) is 11.6 Å². The van der Waals surface area contributed by atoms with Crippen molar-refractivity contribution in [3.8, 4) is 11.6 Å². The number of hydrogen-bond donors (Lipinski definition) is 3. The number of carbonyl (C=O) groups excluding carboxylic acids is 1. The number of aromatic nitrogens is 3. The van der Waals surface area contributed by atoms with E-state index in [-0.39, 0.29) is 5.91 Å². The van der Waals surface area contributed by atoms with Crippen LogP contribution in [0.3, 0.4) is 0 Å². The van der Waals surface area contributed by atoms with Crippen molar-refractivity contribution in [3.05, 3.63) is 24.2 Å². The van der Waals surface area contributed by atoms with E-state index in [2.05, 4.69) is 42.5 Å². The summed E-state index contributed by atoms with van der Waals surface area (Å²) in [4.78, 5) is 25.7. The number of guanidine groups is 1. The first kappa shape index (κ1) is 20.4. The van der Waals surface area contributed by atoms with Crippen LogP contribution in [0.5, 0.6) is 0 Å². The van der Waals surface area contributed by atoms with E-state index in [9.17, 15) is 4.79 Å². The number of rotatable bonds is 8. The number of nitrogens with one attached hydrogen (secondary N) is 3. The van der Waals surface area contributed by atoms with Gasteiger partial charge in [0.25, 0.3) is 0 Å². The number of nitrogens with zero attached hydrogens (tertiary/aromatic N) is 5. The second-order valence-electron chi connectivity index (χ2n) is 7.67. The van der Waals surface area contributed by atoms with Gasteiger partial charge in [-0.15, -0.1) is 0 Å². The lowest BCUT2D eigenvalue weighted by Crippen LogP contribution is -2.54. The van der Waals surface area contributed by atoms with Crippen molar-refractivity contribution >= 4 is 11.9 Å². The van der Waals surface area contributed by atoms with E-state index in [0.717, 1.165) is 57.3 Å². The number of hydrogen-bond acceptors (Lipinski definition) is 6. The van der Waals surface area contributed by atoms with Gasteiger partial charge >= 0.3 is 0 Å². The van der Waals surface area contributed by atoms with Crippen LogP contribution in [-0.2, 0) is 11.2 Å². The number of amides is 1. The molecule has 30 heavy (non-hydrogen) atoms. The van der Waals surface area contributed by atoms with Gasteiger partial charge in [-0.25, -0.2) is 4.98 Å². The number of carbonyl (C=O) groups is 1. The Balaban J connectivity index is 1.25. The molecule has 162 valence electrons. The van der Waals surface area contributed by atoms with Gasteiger partial charge < -0.3 is 20.0 Å². The van der Waals surface area contributed by atoms with E-state index in [1.54, 1.807) is 6.26 Å². The summed E-state index contributed by atoms with van der Waals surface area (Å²) in [5.74, 6) is 3.05. The molecule has 2 aromatic heterocycles. The van der Waals surface area contributed by atoms with Crippen molar-refractivity contribution < 1.29 is 9.21 Å². The Hall–Kier alpha value is -2.88. The molecule has 2 aliphatic rings. The van der Waals surface area contributed by atoms with Gasteiger partial charge in [0.15, 0.2) is 11.7 Å². The predicted molar refractivity (Wildman–Crippen MR) is 113 cm³/mol. The van der Waals surface area contributed by atoms with Crippen LogP contribution >= 0.6 is 0 Å². The molecule has 1 amide bonds. The molecule has 3 N–H and O–H groups in total. The second-order valence-corrected chi connectivity index (χ2v) is 7.67. The molecule has 0 atom stereocenters. The van der Waals surface area contributed by atoms with Crippen molar-refractivity contribution in [3.63, 3.8) is 0 Å². The highest BCUT2D eigenvalue weighted by Crippen LogP contribution is 2.18. The Labute approximate surface area is 176 Å². The van der Waals surface area contributed by atoms with Crippen LogP contribution < -0.4 is 10.6 Å². The largest absolute Gasteiger partial charge is 0.461 e. The SMILES string of the molecule is CCNC(=NCCc1nc(-c2ccco2)n[nH]1)N1CCN(CC(=O)NC2CC2)CC1. The molecule has 0 unspecified atom stereocenters. The second kappa shape index (κ2) is 9.75. The molecule has 3 heterocycles. The molecule has 2 aromatic rings. The minimum absolute atomic E-state index is 0.146. The first-order chi connectivity index (χ1) is 14.7. The molecule has 0 spiro atoms. The molecule has 1 aliphatic heterocycles. The Morgan fingerprint density at radius 1 is 1.33 bits per heavy atom. The zero-order chi connectivity index (χ0) is 20.8. The predicted octanol–water partition coefficient (Wildman–Crippen LogP) is 0.469. The van der Waals surface area contributed by atoms with E-state index in [0.29, 0.717) is 37.1 Å². The summed E-state index contributed by atoms with van der Waals surface area (Å²) in [6.07, 6.45) is 4.53. The molecule has 1 aliphatic carbocycles. The number of aliphatic imine (C=N–C) groups is 1. The summed E-state index contributed by atoms with van der Waals surface area (Å²) < 4.78 is 5.32. The van der Waals surface area contributed by atoms with Gasteiger partial charge in [-0.1, -0.05) is 0 Å². The van der Waals surface area contributed by atoms with Crippen LogP contribution in [0.4, 0.5) is 0 Å². The van der Waals surface area contributed by atoms with Crippen LogP contribution in [0.15, 0.2) is 27.8 Å². The Morgan fingerprint density at radius 3 is 2.87 bits per heavy atom. The molecule has 4 rings (SSSR count). The van der Waals surface area contributed by atoms with Crippen LogP contribution in [0.1, 0.15) is 25.6 Å². The smallest absolute Gasteiger partial charge is 0.234 e. The average molecular weight is 415 g/mol. The third-order valence-electron chi connectivity index (χ3n) is 5.20. The van der Waals surface area contributed by atoms with E-state index in [4.69, 9.17) is 9.41 Å². The molecule has 10 nitrogen and oxygen atoms in total.